The highest BCUT2D eigenvalue weighted by Gasteiger charge is 2.42. The summed E-state index contributed by atoms with van der Waals surface area (Å²) in [6, 6.07) is 3.55. The molecule has 0 N–H and O–H groups in total. The molecular weight excluding hydrogens is 264 g/mol. The molecule has 0 saturated carbocycles. The lowest BCUT2D eigenvalue weighted by Crippen LogP contribution is -2.22. The molecule has 1 aromatic carbocycles. The Kier molecular flexibility index (Phi) is 2.86. The highest BCUT2D eigenvalue weighted by atomic mass is 35.5. The maximum Gasteiger partial charge on any atom is 0.470 e. The molecule has 1 heterocycles. The third-order valence-electron chi connectivity index (χ3n) is 1.98. The molecule has 3 nitrogen and oxygen atoms in total. The van der Waals surface area contributed by atoms with Crippen LogP contribution in [0.15, 0.2) is 23.3 Å². The van der Waals surface area contributed by atoms with E-state index in [0.29, 0.717) is 0 Å². The Hall–Kier alpha value is -1.50. The van der Waals surface area contributed by atoms with Crippen molar-refractivity contribution in [3.05, 3.63) is 29.0 Å². The van der Waals surface area contributed by atoms with E-state index in [2.05, 4.69) is 9.84 Å². The lowest BCUT2D eigenvalue weighted by atomic mass is 10.3. The lowest BCUT2D eigenvalue weighted by Gasteiger charge is -2.11. The molecule has 0 unspecified atom stereocenters. The predicted octanol–water partition coefficient (Wildman–Crippen LogP) is 3.15. The molecule has 0 aliphatic carbocycles. The molecule has 17 heavy (non-hydrogen) atoms. The number of benzene rings is 1. The van der Waals surface area contributed by atoms with Crippen LogP contribution in [0.1, 0.15) is 0 Å². The second kappa shape index (κ2) is 4.06. The monoisotopic (exact) mass is 268 g/mol. The van der Waals surface area contributed by atoms with Gasteiger partial charge in [0.15, 0.2) is 6.73 Å². The summed E-state index contributed by atoms with van der Waals surface area (Å²) < 4.78 is 54.1. The molecule has 0 fully saturated rings. The van der Waals surface area contributed by atoms with E-state index < -0.39 is 24.6 Å². The Labute approximate surface area is 98.2 Å². The first-order valence-electron chi connectivity index (χ1n) is 4.39. The molecule has 0 saturated heterocycles. The average Bonchev–Trinajstić information content (AvgIpc) is 2.70. The van der Waals surface area contributed by atoms with Gasteiger partial charge in [0.2, 0.25) is 0 Å². The van der Waals surface area contributed by atoms with Gasteiger partial charge in [0.1, 0.15) is 5.82 Å². The summed E-state index contributed by atoms with van der Waals surface area (Å²) in [6.45, 7) is -0.421. The van der Waals surface area contributed by atoms with Crippen LogP contribution in [0.5, 0.6) is 0 Å². The number of alkyl halides is 3. The third kappa shape index (κ3) is 2.44. The molecule has 0 atom stereocenters. The van der Waals surface area contributed by atoms with Crippen LogP contribution in [0, 0.1) is 5.82 Å². The summed E-state index contributed by atoms with van der Waals surface area (Å²) in [6.07, 6.45) is -4.65. The van der Waals surface area contributed by atoms with Crippen molar-refractivity contribution in [3.63, 3.8) is 0 Å². The molecule has 92 valence electrons. The van der Waals surface area contributed by atoms with Gasteiger partial charge in [-0.1, -0.05) is 11.6 Å². The van der Waals surface area contributed by atoms with E-state index in [1.165, 1.54) is 12.1 Å². The van der Waals surface area contributed by atoms with Crippen LogP contribution in [-0.4, -0.2) is 18.8 Å². The van der Waals surface area contributed by atoms with Crippen LogP contribution in [0.3, 0.4) is 0 Å². The van der Waals surface area contributed by atoms with Crippen LogP contribution in [0.25, 0.3) is 0 Å². The van der Waals surface area contributed by atoms with Crippen LogP contribution < -0.4 is 5.01 Å². The molecule has 1 aliphatic rings. The molecule has 1 aromatic rings. The normalized spacial score (nSPS) is 15.8. The first-order chi connectivity index (χ1) is 7.88. The number of nitrogens with zero attached hydrogens (tertiary/aromatic N) is 2. The highest BCUT2D eigenvalue weighted by molar-refractivity contribution is 6.30. The fraction of sp³-hybridized carbons (Fsp3) is 0.222. The van der Waals surface area contributed by atoms with Crippen molar-refractivity contribution in [2.45, 2.75) is 6.18 Å². The van der Waals surface area contributed by atoms with Gasteiger partial charge in [0, 0.05) is 6.07 Å². The van der Waals surface area contributed by atoms with E-state index in [-0.39, 0.29) is 10.7 Å². The van der Waals surface area contributed by atoms with Crippen molar-refractivity contribution in [2.75, 3.05) is 11.7 Å². The van der Waals surface area contributed by atoms with Crippen LogP contribution in [-0.2, 0) is 4.74 Å². The molecule has 0 spiro atoms. The van der Waals surface area contributed by atoms with Gasteiger partial charge in [-0.15, -0.1) is 5.10 Å². The molecule has 0 radical (unpaired) electrons. The van der Waals surface area contributed by atoms with Gasteiger partial charge in [-0.3, -0.25) is 0 Å². The number of hydrazone groups is 1. The van der Waals surface area contributed by atoms with Crippen molar-refractivity contribution in [2.24, 2.45) is 5.10 Å². The van der Waals surface area contributed by atoms with E-state index in [9.17, 15) is 17.6 Å². The van der Waals surface area contributed by atoms with Gasteiger partial charge < -0.3 is 4.74 Å². The van der Waals surface area contributed by atoms with Crippen molar-refractivity contribution in [3.8, 4) is 0 Å². The molecule has 0 bridgehead atoms. The Morgan fingerprint density at radius 1 is 1.35 bits per heavy atom. The smallest absolute Gasteiger partial charge is 0.450 e. The summed E-state index contributed by atoms with van der Waals surface area (Å²) in [5, 5.41) is 3.97. The van der Waals surface area contributed by atoms with E-state index in [1.807, 2.05) is 0 Å². The van der Waals surface area contributed by atoms with Gasteiger partial charge in [-0.2, -0.15) is 13.2 Å². The minimum absolute atomic E-state index is 0.117. The minimum Gasteiger partial charge on any atom is -0.450 e. The third-order valence-corrected chi connectivity index (χ3v) is 2.29. The first-order valence-corrected chi connectivity index (χ1v) is 4.77. The maximum absolute atomic E-state index is 13.1. The van der Waals surface area contributed by atoms with Crippen molar-refractivity contribution >= 4 is 23.2 Å². The van der Waals surface area contributed by atoms with E-state index in [0.717, 1.165) is 11.1 Å². The molecular formula is C9H5ClF4N2O. The summed E-state index contributed by atoms with van der Waals surface area (Å²) in [7, 11) is 0. The van der Waals surface area contributed by atoms with Crippen molar-refractivity contribution in [1.82, 2.24) is 0 Å². The fourth-order valence-corrected chi connectivity index (χ4v) is 1.32. The van der Waals surface area contributed by atoms with Crippen LogP contribution >= 0.6 is 11.6 Å². The maximum atomic E-state index is 13.1. The zero-order valence-electron chi connectivity index (χ0n) is 8.13. The van der Waals surface area contributed by atoms with Crippen LogP contribution in [0.2, 0.25) is 5.02 Å². The SMILES string of the molecule is Fc1cc(N2COC(C(F)(F)F)=N2)ccc1Cl. The second-order valence-electron chi connectivity index (χ2n) is 3.17. The van der Waals surface area contributed by atoms with Gasteiger partial charge in [-0.25, -0.2) is 9.40 Å². The molecule has 0 amide bonds. The number of rotatable bonds is 1. The summed E-state index contributed by atoms with van der Waals surface area (Å²) in [5.74, 6) is -2.09. The number of anilines is 1. The number of hydrogen-bond acceptors (Lipinski definition) is 3. The molecule has 1 aliphatic heterocycles. The van der Waals surface area contributed by atoms with Gasteiger partial charge in [-0.05, 0) is 12.1 Å². The second-order valence-corrected chi connectivity index (χ2v) is 3.58. The Bertz CT molecular complexity index is 475. The quantitative estimate of drug-likeness (QED) is 0.731. The van der Waals surface area contributed by atoms with Gasteiger partial charge in [0.05, 0.1) is 10.7 Å². The fourth-order valence-electron chi connectivity index (χ4n) is 1.21. The molecule has 2 rings (SSSR count). The largest absolute Gasteiger partial charge is 0.470 e. The number of halogens is 5. The summed E-state index contributed by atoms with van der Waals surface area (Å²) in [4.78, 5) is 0. The molecule has 8 heteroatoms. The van der Waals surface area contributed by atoms with Gasteiger partial charge >= 0.3 is 12.1 Å². The zero-order valence-corrected chi connectivity index (χ0v) is 8.89. The minimum atomic E-state index is -4.65. The predicted molar refractivity (Wildman–Crippen MR) is 53.3 cm³/mol. The Morgan fingerprint density at radius 3 is 2.59 bits per heavy atom. The topological polar surface area (TPSA) is 24.8 Å². The van der Waals surface area contributed by atoms with Gasteiger partial charge in [0.25, 0.3) is 0 Å². The first kappa shape index (κ1) is 12.0. The number of hydrogen-bond donors (Lipinski definition) is 0. The number of ether oxygens (including phenoxy) is 1. The van der Waals surface area contributed by atoms with E-state index in [1.54, 1.807) is 0 Å². The molecule has 0 aromatic heterocycles. The van der Waals surface area contributed by atoms with Crippen molar-refractivity contribution in [1.29, 1.82) is 0 Å². The van der Waals surface area contributed by atoms with E-state index in [4.69, 9.17) is 11.6 Å². The Morgan fingerprint density at radius 2 is 2.06 bits per heavy atom. The summed E-state index contributed by atoms with van der Waals surface area (Å²) >= 11 is 5.45. The van der Waals surface area contributed by atoms with Crippen molar-refractivity contribution < 1.29 is 22.3 Å². The average molecular weight is 269 g/mol. The summed E-state index contributed by atoms with van der Waals surface area (Å²) in [5.41, 5.74) is 0.131. The standard InChI is InChI=1S/C9H5ClF4N2O/c10-6-2-1-5(3-7(6)11)16-4-17-8(15-16)9(12,13)14/h1-3H,4H2. The zero-order chi connectivity index (χ0) is 12.6. The lowest BCUT2D eigenvalue weighted by molar-refractivity contribution is -0.0752. The highest BCUT2D eigenvalue weighted by Crippen LogP contribution is 2.27. The van der Waals surface area contributed by atoms with E-state index >= 15 is 0 Å². The van der Waals surface area contributed by atoms with Crippen LogP contribution in [0.4, 0.5) is 23.2 Å². The Balaban J connectivity index is 2.25.